The molecule has 23 heavy (non-hydrogen) atoms. The average molecular weight is 316 g/mol. The van der Waals surface area contributed by atoms with E-state index in [1.807, 2.05) is 35.2 Å². The maximum absolute atomic E-state index is 12.2. The van der Waals surface area contributed by atoms with Crippen molar-refractivity contribution in [2.75, 3.05) is 13.1 Å². The van der Waals surface area contributed by atoms with Crippen molar-refractivity contribution in [3.05, 3.63) is 35.9 Å². The number of nitrogens with zero attached hydrogens (tertiary/aromatic N) is 1. The zero-order valence-electron chi connectivity index (χ0n) is 13.4. The molecular weight excluding hydrogens is 292 g/mol. The highest BCUT2D eigenvalue weighted by Gasteiger charge is 2.31. The molecule has 0 atom stereocenters. The molecule has 0 spiro atoms. The van der Waals surface area contributed by atoms with Crippen LogP contribution in [-0.4, -0.2) is 36.0 Å². The molecule has 0 unspecified atom stereocenters. The van der Waals surface area contributed by atoms with E-state index in [0.717, 1.165) is 44.3 Å². The van der Waals surface area contributed by atoms with Crippen LogP contribution in [-0.2, 0) is 16.1 Å². The zero-order valence-corrected chi connectivity index (χ0v) is 13.4. The highest BCUT2D eigenvalue weighted by atomic mass is 16.5. The lowest BCUT2D eigenvalue weighted by Gasteiger charge is -2.36. The molecule has 2 fully saturated rings. The van der Waals surface area contributed by atoms with Crippen LogP contribution in [0.2, 0.25) is 0 Å². The summed E-state index contributed by atoms with van der Waals surface area (Å²) in [5, 5.41) is 2.91. The largest absolute Gasteiger partial charge is 0.445 e. The number of alkyl carbamates (subject to hydrolysis) is 1. The second-order valence-corrected chi connectivity index (χ2v) is 6.43. The maximum atomic E-state index is 12.2. The van der Waals surface area contributed by atoms with Crippen molar-refractivity contribution in [1.82, 2.24) is 10.2 Å². The van der Waals surface area contributed by atoms with E-state index >= 15 is 0 Å². The van der Waals surface area contributed by atoms with Crippen molar-refractivity contribution in [1.29, 1.82) is 0 Å². The highest BCUT2D eigenvalue weighted by molar-refractivity contribution is 5.79. The van der Waals surface area contributed by atoms with Crippen LogP contribution < -0.4 is 5.32 Å². The van der Waals surface area contributed by atoms with E-state index in [4.69, 9.17) is 4.74 Å². The Morgan fingerprint density at radius 2 is 1.78 bits per heavy atom. The van der Waals surface area contributed by atoms with Crippen LogP contribution in [0.3, 0.4) is 0 Å². The lowest BCUT2D eigenvalue weighted by molar-refractivity contribution is -0.139. The molecule has 1 aromatic rings. The van der Waals surface area contributed by atoms with Gasteiger partial charge in [0.1, 0.15) is 6.61 Å². The Morgan fingerprint density at radius 3 is 2.39 bits per heavy atom. The van der Waals surface area contributed by atoms with E-state index in [2.05, 4.69) is 5.32 Å². The number of benzene rings is 1. The van der Waals surface area contributed by atoms with Crippen molar-refractivity contribution >= 4 is 12.0 Å². The SMILES string of the molecule is O=C(NC1CCN(C(=O)C2CCC2)CC1)OCc1ccccc1. The van der Waals surface area contributed by atoms with Crippen LogP contribution in [0.15, 0.2) is 30.3 Å². The van der Waals surface area contributed by atoms with E-state index in [-0.39, 0.29) is 24.7 Å². The molecule has 0 bridgehead atoms. The fraction of sp³-hybridized carbons (Fsp3) is 0.556. The summed E-state index contributed by atoms with van der Waals surface area (Å²) in [4.78, 5) is 26.0. The number of ether oxygens (including phenoxy) is 1. The average Bonchev–Trinajstić information content (AvgIpc) is 2.53. The summed E-state index contributed by atoms with van der Waals surface area (Å²) >= 11 is 0. The van der Waals surface area contributed by atoms with Crippen molar-refractivity contribution < 1.29 is 14.3 Å². The highest BCUT2D eigenvalue weighted by Crippen LogP contribution is 2.29. The molecule has 3 rings (SSSR count). The van der Waals surface area contributed by atoms with Gasteiger partial charge in [-0.2, -0.15) is 0 Å². The predicted molar refractivity (Wildman–Crippen MR) is 86.7 cm³/mol. The molecule has 5 heteroatoms. The second kappa shape index (κ2) is 7.49. The normalized spacial score (nSPS) is 19.0. The minimum atomic E-state index is -0.377. The number of piperidine rings is 1. The van der Waals surface area contributed by atoms with Gasteiger partial charge in [0.25, 0.3) is 0 Å². The Morgan fingerprint density at radius 1 is 1.09 bits per heavy atom. The van der Waals surface area contributed by atoms with Crippen LogP contribution in [0.4, 0.5) is 4.79 Å². The first-order valence-electron chi connectivity index (χ1n) is 8.48. The molecule has 0 aromatic heterocycles. The number of carbonyl (C=O) groups excluding carboxylic acids is 2. The van der Waals surface area contributed by atoms with Gasteiger partial charge >= 0.3 is 6.09 Å². The van der Waals surface area contributed by atoms with Crippen molar-refractivity contribution in [2.45, 2.75) is 44.8 Å². The van der Waals surface area contributed by atoms with Crippen molar-refractivity contribution in [3.63, 3.8) is 0 Å². The maximum Gasteiger partial charge on any atom is 0.407 e. The molecule has 0 radical (unpaired) electrons. The molecule has 124 valence electrons. The Labute approximate surface area is 137 Å². The van der Waals surface area contributed by atoms with E-state index in [0.29, 0.717) is 5.91 Å². The molecule has 1 saturated carbocycles. The van der Waals surface area contributed by atoms with Gasteiger partial charge in [0.15, 0.2) is 0 Å². The lowest BCUT2D eigenvalue weighted by atomic mass is 9.84. The fourth-order valence-electron chi connectivity index (χ4n) is 3.09. The third-order valence-corrected chi connectivity index (χ3v) is 4.80. The number of amides is 2. The summed E-state index contributed by atoms with van der Waals surface area (Å²) in [5.41, 5.74) is 0.976. The molecule has 1 aliphatic carbocycles. The first kappa shape index (κ1) is 15.8. The zero-order chi connectivity index (χ0) is 16.1. The minimum absolute atomic E-state index is 0.101. The molecule has 1 saturated heterocycles. The topological polar surface area (TPSA) is 58.6 Å². The minimum Gasteiger partial charge on any atom is -0.445 e. The number of likely N-dealkylation sites (tertiary alicyclic amines) is 1. The third kappa shape index (κ3) is 4.24. The van der Waals surface area contributed by atoms with Gasteiger partial charge in [-0.25, -0.2) is 4.79 Å². The second-order valence-electron chi connectivity index (χ2n) is 6.43. The van der Waals surface area contributed by atoms with Crippen LogP contribution in [0, 0.1) is 5.92 Å². The van der Waals surface area contributed by atoms with Gasteiger partial charge in [0.2, 0.25) is 5.91 Å². The van der Waals surface area contributed by atoms with Gasteiger partial charge in [-0.05, 0) is 31.2 Å². The van der Waals surface area contributed by atoms with Crippen LogP contribution in [0.25, 0.3) is 0 Å². The lowest BCUT2D eigenvalue weighted by Crippen LogP contribution is -2.48. The molecule has 1 heterocycles. The quantitative estimate of drug-likeness (QED) is 0.929. The molecule has 1 aromatic carbocycles. The monoisotopic (exact) mass is 316 g/mol. The number of nitrogens with one attached hydrogen (secondary N) is 1. The van der Waals surface area contributed by atoms with Gasteiger partial charge in [0.05, 0.1) is 0 Å². The van der Waals surface area contributed by atoms with E-state index in [1.54, 1.807) is 0 Å². The van der Waals surface area contributed by atoms with Gasteiger partial charge < -0.3 is 15.0 Å². The smallest absolute Gasteiger partial charge is 0.407 e. The Bertz CT molecular complexity index is 534. The molecule has 1 aliphatic heterocycles. The van der Waals surface area contributed by atoms with Gasteiger partial charge in [-0.15, -0.1) is 0 Å². The van der Waals surface area contributed by atoms with Crippen molar-refractivity contribution in [2.24, 2.45) is 5.92 Å². The van der Waals surface area contributed by atoms with Crippen LogP contribution >= 0.6 is 0 Å². The fourth-order valence-corrected chi connectivity index (χ4v) is 3.09. The Balaban J connectivity index is 1.36. The first-order chi connectivity index (χ1) is 11.2. The molecule has 1 N–H and O–H groups in total. The summed E-state index contributed by atoms with van der Waals surface area (Å²) in [6.45, 7) is 1.75. The van der Waals surface area contributed by atoms with Gasteiger partial charge in [0, 0.05) is 25.0 Å². The number of hydrogen-bond acceptors (Lipinski definition) is 3. The molecule has 2 aliphatic rings. The summed E-state index contributed by atoms with van der Waals surface area (Å²) in [6, 6.07) is 9.73. The van der Waals surface area contributed by atoms with E-state index < -0.39 is 0 Å². The number of rotatable bonds is 4. The standard InChI is InChI=1S/C18H24N2O3/c21-17(15-7-4-8-15)20-11-9-16(10-12-20)19-18(22)23-13-14-5-2-1-3-6-14/h1-3,5-6,15-16H,4,7-13H2,(H,19,22). The van der Waals surface area contributed by atoms with Gasteiger partial charge in [-0.1, -0.05) is 36.8 Å². The molecular formula is C18H24N2O3. The number of hydrogen-bond donors (Lipinski definition) is 1. The molecule has 5 nitrogen and oxygen atoms in total. The summed E-state index contributed by atoms with van der Waals surface area (Å²) < 4.78 is 5.24. The first-order valence-corrected chi connectivity index (χ1v) is 8.48. The third-order valence-electron chi connectivity index (χ3n) is 4.80. The van der Waals surface area contributed by atoms with Gasteiger partial charge in [-0.3, -0.25) is 4.79 Å². The van der Waals surface area contributed by atoms with Crippen LogP contribution in [0.1, 0.15) is 37.7 Å². The summed E-state index contributed by atoms with van der Waals surface area (Å²) in [7, 11) is 0. The van der Waals surface area contributed by atoms with E-state index in [1.165, 1.54) is 6.42 Å². The Kier molecular flexibility index (Phi) is 5.16. The predicted octanol–water partition coefficient (Wildman–Crippen LogP) is 2.70. The Hall–Kier alpha value is -2.04. The number of carbonyl (C=O) groups is 2. The van der Waals surface area contributed by atoms with E-state index in [9.17, 15) is 9.59 Å². The van der Waals surface area contributed by atoms with Crippen LogP contribution in [0.5, 0.6) is 0 Å². The molecule has 2 amide bonds. The summed E-state index contributed by atoms with van der Waals surface area (Å²) in [6.07, 6.45) is 4.50. The van der Waals surface area contributed by atoms with Crippen molar-refractivity contribution in [3.8, 4) is 0 Å². The summed E-state index contributed by atoms with van der Waals surface area (Å²) in [5.74, 6) is 0.566.